The zero-order chi connectivity index (χ0) is 32.1. The molecule has 1 N–H and O–H groups in total. The maximum absolute atomic E-state index is 11.9. The van der Waals surface area contributed by atoms with Crippen molar-refractivity contribution in [2.75, 3.05) is 47.5 Å². The molecule has 0 spiro atoms. The number of allylic oxidation sites excluding steroid dienone is 6. The topological polar surface area (TPSA) is 105 Å². The number of ether oxygens (including phenoxy) is 1. The van der Waals surface area contributed by atoms with Crippen molar-refractivity contribution in [2.24, 2.45) is 0 Å². The molecule has 2 unspecified atom stereocenters. The van der Waals surface area contributed by atoms with E-state index < -0.39 is 26.5 Å². The van der Waals surface area contributed by atoms with E-state index in [0.29, 0.717) is 17.4 Å². The van der Waals surface area contributed by atoms with Crippen LogP contribution in [-0.2, 0) is 23.1 Å². The molecule has 0 bridgehead atoms. The van der Waals surface area contributed by atoms with Gasteiger partial charge in [0, 0.05) is 6.42 Å². The summed E-state index contributed by atoms with van der Waals surface area (Å²) < 4.78 is 26.8. The Kier molecular flexibility index (Phi) is 27.4. The molecule has 0 radical (unpaired) electrons. The van der Waals surface area contributed by atoms with Crippen molar-refractivity contribution in [3.63, 3.8) is 0 Å². The molecule has 9 heteroatoms. The van der Waals surface area contributed by atoms with Gasteiger partial charge in [-0.25, -0.2) is 0 Å². The SMILES string of the molecule is CCCCCCC/C=C\C/C=C\C/C=C\CCCCCCCCCCC(=O)OCC(O)COP(=O)([O-])OCC[N+](C)(C)C. The molecule has 8 nitrogen and oxygen atoms in total. The molecule has 0 aliphatic heterocycles. The number of esters is 1. The van der Waals surface area contributed by atoms with Crippen molar-refractivity contribution in [3.8, 4) is 0 Å². The van der Waals surface area contributed by atoms with Crippen LogP contribution in [0.4, 0.5) is 0 Å². The van der Waals surface area contributed by atoms with E-state index in [9.17, 15) is 19.4 Å². The summed E-state index contributed by atoms with van der Waals surface area (Å²) in [7, 11) is 1.24. The van der Waals surface area contributed by atoms with Gasteiger partial charge in [-0.05, 0) is 44.9 Å². The minimum atomic E-state index is -4.50. The van der Waals surface area contributed by atoms with Crippen LogP contribution in [0.15, 0.2) is 36.5 Å². The highest BCUT2D eigenvalue weighted by Crippen LogP contribution is 2.38. The molecular weight excluding hydrogens is 565 g/mol. The van der Waals surface area contributed by atoms with E-state index in [4.69, 9.17) is 9.26 Å². The number of nitrogens with zero attached hydrogens (tertiary/aromatic N) is 1. The van der Waals surface area contributed by atoms with Crippen LogP contribution in [0.1, 0.15) is 122 Å². The third-order valence-corrected chi connectivity index (χ3v) is 7.86. The highest BCUT2D eigenvalue weighted by Gasteiger charge is 2.16. The molecule has 0 heterocycles. The second-order valence-corrected chi connectivity index (χ2v) is 13.8. The van der Waals surface area contributed by atoms with Gasteiger partial charge in [0.1, 0.15) is 25.9 Å². The number of aliphatic hydroxyl groups excluding tert-OH is 1. The summed E-state index contributed by atoms with van der Waals surface area (Å²) in [6.45, 7) is 1.92. The lowest BCUT2D eigenvalue weighted by molar-refractivity contribution is -0.870. The van der Waals surface area contributed by atoms with Crippen LogP contribution in [0.2, 0.25) is 0 Å². The zero-order valence-corrected chi connectivity index (χ0v) is 28.8. The van der Waals surface area contributed by atoms with Crippen molar-refractivity contribution < 1.29 is 37.6 Å². The van der Waals surface area contributed by atoms with Crippen molar-refractivity contribution in [1.29, 1.82) is 0 Å². The van der Waals surface area contributed by atoms with Crippen molar-refractivity contribution in [1.82, 2.24) is 0 Å². The fraction of sp³-hybridized carbons (Fsp3) is 0.794. The van der Waals surface area contributed by atoms with Gasteiger partial charge in [-0.15, -0.1) is 0 Å². The van der Waals surface area contributed by atoms with E-state index in [-0.39, 0.29) is 13.2 Å². The number of unbranched alkanes of at least 4 members (excludes halogenated alkanes) is 13. The first-order valence-electron chi connectivity index (χ1n) is 16.7. The predicted molar refractivity (Wildman–Crippen MR) is 176 cm³/mol. The summed E-state index contributed by atoms with van der Waals surface area (Å²) in [5.41, 5.74) is 0. The van der Waals surface area contributed by atoms with E-state index in [2.05, 4.69) is 47.9 Å². The van der Waals surface area contributed by atoms with Crippen LogP contribution < -0.4 is 4.89 Å². The van der Waals surface area contributed by atoms with Crippen LogP contribution in [0.25, 0.3) is 0 Å². The maximum atomic E-state index is 11.9. The number of phosphoric acid groups is 1. The summed E-state index contributed by atoms with van der Waals surface area (Å²) in [5.74, 6) is -0.396. The van der Waals surface area contributed by atoms with Gasteiger partial charge in [0.25, 0.3) is 7.82 Å². The molecule has 0 saturated heterocycles. The van der Waals surface area contributed by atoms with Gasteiger partial charge < -0.3 is 28.3 Å². The third-order valence-electron chi connectivity index (χ3n) is 6.89. The summed E-state index contributed by atoms with van der Waals surface area (Å²) in [6, 6.07) is 0. The minimum Gasteiger partial charge on any atom is -0.756 e. The third kappa shape index (κ3) is 33.5. The molecule has 0 saturated carbocycles. The molecule has 0 aromatic heterocycles. The number of carbonyl (C=O) groups is 1. The average Bonchev–Trinajstić information content (AvgIpc) is 2.94. The number of rotatable bonds is 30. The Bertz CT molecular complexity index is 792. The fourth-order valence-electron chi connectivity index (χ4n) is 4.19. The first kappa shape index (κ1) is 41.7. The predicted octanol–water partition coefficient (Wildman–Crippen LogP) is 7.81. The first-order chi connectivity index (χ1) is 20.6. The number of hydrogen-bond donors (Lipinski definition) is 1. The zero-order valence-electron chi connectivity index (χ0n) is 27.9. The summed E-state index contributed by atoms with van der Waals surface area (Å²) >= 11 is 0. The molecule has 0 aromatic carbocycles. The van der Waals surface area contributed by atoms with Gasteiger partial charge in [-0.3, -0.25) is 9.36 Å². The minimum absolute atomic E-state index is 0.0107. The number of aliphatic hydroxyl groups is 1. The Labute approximate surface area is 263 Å². The molecular formula is C34H64NO7P. The molecule has 0 aliphatic carbocycles. The average molecular weight is 630 g/mol. The second kappa shape index (κ2) is 28.2. The van der Waals surface area contributed by atoms with Gasteiger partial charge in [-0.2, -0.15) is 0 Å². The van der Waals surface area contributed by atoms with Gasteiger partial charge in [-0.1, -0.05) is 108 Å². The van der Waals surface area contributed by atoms with Crippen LogP contribution in [0.3, 0.4) is 0 Å². The van der Waals surface area contributed by atoms with E-state index >= 15 is 0 Å². The van der Waals surface area contributed by atoms with Gasteiger partial charge in [0.15, 0.2) is 0 Å². The van der Waals surface area contributed by atoms with Crippen LogP contribution in [0, 0.1) is 0 Å². The van der Waals surface area contributed by atoms with E-state index in [1.165, 1.54) is 70.6 Å². The molecule has 2 atom stereocenters. The number of quaternary nitrogens is 1. The second-order valence-electron chi connectivity index (χ2n) is 12.4. The van der Waals surface area contributed by atoms with Gasteiger partial charge in [0.2, 0.25) is 0 Å². The Morgan fingerprint density at radius 2 is 1.23 bits per heavy atom. The lowest BCUT2D eigenvalue weighted by atomic mass is 10.1. The lowest BCUT2D eigenvalue weighted by Gasteiger charge is -2.27. The molecule has 0 rings (SSSR count). The van der Waals surface area contributed by atoms with Crippen LogP contribution in [-0.4, -0.2) is 69.2 Å². The monoisotopic (exact) mass is 629 g/mol. The maximum Gasteiger partial charge on any atom is 0.305 e. The van der Waals surface area contributed by atoms with Crippen LogP contribution in [0.5, 0.6) is 0 Å². The van der Waals surface area contributed by atoms with Crippen molar-refractivity contribution >= 4 is 13.8 Å². The quantitative estimate of drug-likeness (QED) is 0.0284. The smallest absolute Gasteiger partial charge is 0.305 e. The lowest BCUT2D eigenvalue weighted by Crippen LogP contribution is -2.37. The van der Waals surface area contributed by atoms with Gasteiger partial charge >= 0.3 is 5.97 Å². The molecule has 0 amide bonds. The number of likely N-dealkylation sites (N-methyl/N-ethyl adjacent to an activating group) is 1. The highest BCUT2D eigenvalue weighted by molar-refractivity contribution is 7.45. The molecule has 0 fully saturated rings. The van der Waals surface area contributed by atoms with Crippen molar-refractivity contribution in [2.45, 2.75) is 129 Å². The summed E-state index contributed by atoms with van der Waals surface area (Å²) in [5, 5.41) is 9.84. The number of phosphoric ester groups is 1. The number of hydrogen-bond acceptors (Lipinski definition) is 7. The van der Waals surface area contributed by atoms with Crippen LogP contribution >= 0.6 is 7.82 Å². The number of carbonyl (C=O) groups excluding carboxylic acids is 1. The van der Waals surface area contributed by atoms with E-state index in [1.807, 2.05) is 21.1 Å². The summed E-state index contributed by atoms with van der Waals surface area (Å²) in [4.78, 5) is 23.6. The normalized spacial score (nSPS) is 14.7. The van der Waals surface area contributed by atoms with E-state index in [0.717, 1.165) is 38.5 Å². The Morgan fingerprint density at radius 3 is 1.77 bits per heavy atom. The standard InChI is InChI=1S/C34H64NO7P/c1-5-6-7-8-9-10-11-12-13-14-15-16-17-18-19-20-21-22-23-24-25-26-27-28-34(37)40-31-33(36)32-42-43(38,39)41-30-29-35(2,3)4/h11-12,14-15,17-18,33,36H,5-10,13,16,19-32H2,1-4H3/b12-11-,15-14-,18-17-. The van der Waals surface area contributed by atoms with Crippen molar-refractivity contribution in [3.05, 3.63) is 36.5 Å². The summed E-state index contributed by atoms with van der Waals surface area (Å²) in [6.07, 6.45) is 32.8. The first-order valence-corrected chi connectivity index (χ1v) is 18.2. The molecule has 252 valence electrons. The van der Waals surface area contributed by atoms with Gasteiger partial charge in [0.05, 0.1) is 27.7 Å². The largest absolute Gasteiger partial charge is 0.756 e. The Hall–Kier alpha value is -1.28. The Balaban J connectivity index is 3.53. The molecule has 43 heavy (non-hydrogen) atoms. The molecule has 0 aromatic rings. The fourth-order valence-corrected chi connectivity index (χ4v) is 4.92. The molecule has 0 aliphatic rings. The van der Waals surface area contributed by atoms with E-state index in [1.54, 1.807) is 0 Å². The Morgan fingerprint density at radius 1 is 0.744 bits per heavy atom. The highest BCUT2D eigenvalue weighted by atomic mass is 31.2.